The molecule has 1 aromatic heterocycles. The molecule has 186 valence electrons. The third-order valence-electron chi connectivity index (χ3n) is 5.70. The molecule has 9 heteroatoms. The molecule has 2 amide bonds. The summed E-state index contributed by atoms with van der Waals surface area (Å²) >= 11 is 0. The molecule has 0 saturated heterocycles. The summed E-state index contributed by atoms with van der Waals surface area (Å²) in [5.74, 6) is -0.571. The average Bonchev–Trinajstić information content (AvgIpc) is 3.34. The Hall–Kier alpha value is -3.20. The first kappa shape index (κ1) is 27.0. The van der Waals surface area contributed by atoms with Crippen LogP contribution < -0.4 is 15.5 Å². The smallest absolute Gasteiger partial charge is 0.279 e. The highest BCUT2D eigenvalue weighted by Gasteiger charge is 2.33. The fourth-order valence-corrected chi connectivity index (χ4v) is 4.08. The van der Waals surface area contributed by atoms with Crippen molar-refractivity contribution >= 4 is 29.5 Å². The topological polar surface area (TPSA) is 116 Å². The summed E-state index contributed by atoms with van der Waals surface area (Å²) < 4.78 is 4.25. The summed E-state index contributed by atoms with van der Waals surface area (Å²) in [4.78, 5) is 39.4. The number of carbonyl (C=O) groups excluding carboxylic acids is 3. The van der Waals surface area contributed by atoms with Crippen LogP contribution in [-0.2, 0) is 9.53 Å². The fourth-order valence-electron chi connectivity index (χ4n) is 4.08. The number of anilines is 2. The monoisotopic (exact) mass is 471 g/mol. The maximum Gasteiger partial charge on any atom is 0.279 e. The van der Waals surface area contributed by atoms with E-state index in [4.69, 9.17) is 0 Å². The lowest BCUT2D eigenvalue weighted by molar-refractivity contribution is -0.123. The average molecular weight is 472 g/mol. The van der Waals surface area contributed by atoms with Gasteiger partial charge in [0.1, 0.15) is 6.04 Å². The zero-order valence-electron chi connectivity index (χ0n) is 20.6. The van der Waals surface area contributed by atoms with Gasteiger partial charge in [0.2, 0.25) is 5.91 Å². The molecule has 9 nitrogen and oxygen atoms in total. The van der Waals surface area contributed by atoms with Crippen LogP contribution in [0.2, 0.25) is 0 Å². The van der Waals surface area contributed by atoms with Gasteiger partial charge in [-0.1, -0.05) is 38.7 Å². The van der Waals surface area contributed by atoms with E-state index >= 15 is 0 Å². The van der Waals surface area contributed by atoms with Crippen molar-refractivity contribution in [2.24, 2.45) is 0 Å². The van der Waals surface area contributed by atoms with Crippen LogP contribution in [0.15, 0.2) is 30.3 Å². The van der Waals surface area contributed by atoms with Crippen LogP contribution in [0.1, 0.15) is 72.8 Å². The highest BCUT2D eigenvalue weighted by Crippen LogP contribution is 2.26. The largest absolute Gasteiger partial charge is 0.388 e. The quantitative estimate of drug-likeness (QED) is 0.479. The van der Waals surface area contributed by atoms with Gasteiger partial charge in [-0.2, -0.15) is 5.10 Å². The van der Waals surface area contributed by atoms with E-state index in [0.29, 0.717) is 18.4 Å². The summed E-state index contributed by atoms with van der Waals surface area (Å²) in [5, 5.41) is 12.8. The van der Waals surface area contributed by atoms with E-state index in [-0.39, 0.29) is 23.3 Å². The minimum Gasteiger partial charge on any atom is -0.388 e. The molecule has 0 spiro atoms. The first-order chi connectivity index (χ1) is 16.5. The summed E-state index contributed by atoms with van der Waals surface area (Å²) in [6, 6.07) is 8.25. The first-order valence-electron chi connectivity index (χ1n) is 11.8. The number of hydrogen-bond acceptors (Lipinski definition) is 6. The normalized spacial score (nSPS) is 14.4. The molecule has 1 unspecified atom stereocenters. The number of nitrogens with one attached hydrogen (secondary N) is 3. The van der Waals surface area contributed by atoms with Crippen molar-refractivity contribution in [3.8, 4) is 0 Å². The van der Waals surface area contributed by atoms with Gasteiger partial charge in [0.15, 0.2) is 12.0 Å². The van der Waals surface area contributed by atoms with Crippen LogP contribution in [0, 0.1) is 0 Å². The Morgan fingerprint density at radius 2 is 1.94 bits per heavy atom. The Bertz CT molecular complexity index is 924. The molecular weight excluding hydrogens is 434 g/mol. The maximum absolute atomic E-state index is 13.5. The minimum absolute atomic E-state index is 0.100. The molecule has 1 aromatic carbocycles. The second-order valence-electron chi connectivity index (χ2n) is 8.36. The third kappa shape index (κ3) is 7.41. The molecule has 0 bridgehead atoms. The molecule has 1 aliphatic carbocycles. The molecule has 0 aliphatic heterocycles. The number of benzene rings is 1. The molecule has 34 heavy (non-hydrogen) atoms. The molecule has 1 heterocycles. The van der Waals surface area contributed by atoms with Crippen LogP contribution >= 0.6 is 0 Å². The number of amides is 2. The first-order valence-corrected chi connectivity index (χ1v) is 11.8. The summed E-state index contributed by atoms with van der Waals surface area (Å²) in [6.07, 6.45) is 7.21. The van der Waals surface area contributed by atoms with Gasteiger partial charge >= 0.3 is 0 Å². The second-order valence-corrected chi connectivity index (χ2v) is 8.36. The van der Waals surface area contributed by atoms with Crippen molar-refractivity contribution in [2.75, 3.05) is 31.5 Å². The van der Waals surface area contributed by atoms with Crippen molar-refractivity contribution in [2.45, 2.75) is 64.0 Å². The lowest BCUT2D eigenvalue weighted by atomic mass is 9.95. The number of nitrogens with zero attached hydrogens (tertiary/aromatic N) is 2. The molecule has 1 saturated carbocycles. The highest BCUT2D eigenvalue weighted by molar-refractivity contribution is 6.09. The van der Waals surface area contributed by atoms with Gasteiger partial charge < -0.3 is 15.4 Å². The van der Waals surface area contributed by atoms with E-state index in [1.807, 2.05) is 31.2 Å². The lowest BCUT2D eigenvalue weighted by Gasteiger charge is -2.33. The van der Waals surface area contributed by atoms with Crippen molar-refractivity contribution in [3.05, 3.63) is 41.7 Å². The predicted molar refractivity (Wildman–Crippen MR) is 133 cm³/mol. The highest BCUT2D eigenvalue weighted by atomic mass is 16.4. The number of carbonyl (C=O) groups is 3. The van der Waals surface area contributed by atoms with Gasteiger partial charge in [-0.3, -0.25) is 24.4 Å². The van der Waals surface area contributed by atoms with Crippen molar-refractivity contribution in [1.82, 2.24) is 15.5 Å². The van der Waals surface area contributed by atoms with Crippen molar-refractivity contribution in [1.29, 1.82) is 0 Å². The lowest BCUT2D eigenvalue weighted by Crippen LogP contribution is -2.52. The number of aldehydes is 1. The Morgan fingerprint density at radius 1 is 1.24 bits per heavy atom. The fraction of sp³-hybridized carbons (Fsp3) is 0.520. The number of aromatic nitrogens is 2. The minimum atomic E-state index is -0.678. The summed E-state index contributed by atoms with van der Waals surface area (Å²) in [6.45, 7) is 1.99. The Labute approximate surface area is 201 Å². The molecule has 1 fully saturated rings. The van der Waals surface area contributed by atoms with Gasteiger partial charge in [-0.05, 0) is 43.5 Å². The molecule has 2 aromatic rings. The van der Waals surface area contributed by atoms with Gasteiger partial charge in [0, 0.05) is 38.7 Å². The zero-order valence-corrected chi connectivity index (χ0v) is 20.6. The molecule has 3 N–H and O–H groups in total. The van der Waals surface area contributed by atoms with Crippen LogP contribution in [0.5, 0.6) is 0 Å². The number of ether oxygens (including phenoxy) is 1. The van der Waals surface area contributed by atoms with Crippen LogP contribution in [0.3, 0.4) is 0 Å². The molecule has 1 aliphatic rings. The predicted octanol–water partition coefficient (Wildman–Crippen LogP) is 3.79. The number of aromatic amines is 1. The van der Waals surface area contributed by atoms with Gasteiger partial charge in [0.25, 0.3) is 5.91 Å². The molecule has 3 rings (SSSR count). The van der Waals surface area contributed by atoms with Crippen LogP contribution in [0.4, 0.5) is 11.4 Å². The van der Waals surface area contributed by atoms with Crippen molar-refractivity contribution < 1.29 is 19.1 Å². The van der Waals surface area contributed by atoms with E-state index in [1.54, 1.807) is 21.3 Å². The summed E-state index contributed by atoms with van der Waals surface area (Å²) in [5.41, 5.74) is 1.74. The van der Waals surface area contributed by atoms with E-state index < -0.39 is 11.9 Å². The maximum atomic E-state index is 13.5. The van der Waals surface area contributed by atoms with Gasteiger partial charge in [0.05, 0.1) is 5.69 Å². The van der Waals surface area contributed by atoms with E-state index in [2.05, 4.69) is 25.6 Å². The Morgan fingerprint density at radius 3 is 2.53 bits per heavy atom. The Kier molecular flexibility index (Phi) is 11.3. The Balaban J connectivity index is 0.00000129. The third-order valence-corrected chi connectivity index (χ3v) is 5.70. The number of hydrogen-bond donors (Lipinski definition) is 3. The van der Waals surface area contributed by atoms with E-state index in [9.17, 15) is 14.4 Å². The van der Waals surface area contributed by atoms with E-state index in [1.165, 1.54) is 17.4 Å². The van der Waals surface area contributed by atoms with Gasteiger partial charge in [-0.15, -0.1) is 0 Å². The molecule has 1 atom stereocenters. The number of methoxy groups -OCH3 is 1. The molecule has 0 radical (unpaired) electrons. The molecular formula is C25H37N5O4. The van der Waals surface area contributed by atoms with Gasteiger partial charge in [-0.25, -0.2) is 0 Å². The summed E-state index contributed by atoms with van der Waals surface area (Å²) in [7, 11) is 5.05. The SMILES string of the molecule is CCCC(C(=O)NC1CCCCC1)N(C(=O)c1cc(C=O)[nH]n1)c1cccc(NC)c1.COC. The standard InChI is InChI=1S/C23H31N5O3.C2H6O/c1-3-8-21(22(30)25-16-9-5-4-6-10-16)28(19-12-7-11-17(13-19)24-2)23(31)20-14-18(15-29)26-27-20;1-3-2/h7,11-16,21,24H,3-6,8-10H2,1-2H3,(H,25,30)(H,26,27);1-2H3. The number of rotatable bonds is 9. The van der Waals surface area contributed by atoms with E-state index in [0.717, 1.165) is 37.8 Å². The van der Waals surface area contributed by atoms with Crippen LogP contribution in [0.25, 0.3) is 0 Å². The second kappa shape index (κ2) is 14.1. The zero-order chi connectivity index (χ0) is 24.9. The van der Waals surface area contributed by atoms with Crippen molar-refractivity contribution in [3.63, 3.8) is 0 Å². The van der Waals surface area contributed by atoms with Crippen LogP contribution in [-0.4, -0.2) is 61.6 Å². The number of H-pyrrole nitrogens is 1.